The van der Waals surface area contributed by atoms with Gasteiger partial charge in [-0.25, -0.2) is 0 Å². The highest BCUT2D eigenvalue weighted by atomic mass is 16.5. The lowest BCUT2D eigenvalue weighted by Crippen LogP contribution is -2.37. The zero-order chi connectivity index (χ0) is 16.0. The topological polar surface area (TPSA) is 58.9 Å². The van der Waals surface area contributed by atoms with Crippen molar-refractivity contribution in [2.45, 2.75) is 71.7 Å². The SMILES string of the molecule is COCC(C)OCC(O)CC1CC(C(C)(C)C)CCC1O. The fourth-order valence-electron chi connectivity index (χ4n) is 3.26. The molecule has 5 unspecified atom stereocenters. The van der Waals surface area contributed by atoms with Crippen LogP contribution in [0, 0.1) is 17.3 Å². The van der Waals surface area contributed by atoms with Gasteiger partial charge in [0.05, 0.1) is 31.5 Å². The quantitative estimate of drug-likeness (QED) is 0.759. The maximum atomic E-state index is 10.2. The van der Waals surface area contributed by atoms with Gasteiger partial charge in [-0.15, -0.1) is 0 Å². The Morgan fingerprint density at radius 2 is 1.86 bits per heavy atom. The molecule has 0 aromatic heterocycles. The van der Waals surface area contributed by atoms with Crippen molar-refractivity contribution < 1.29 is 19.7 Å². The summed E-state index contributed by atoms with van der Waals surface area (Å²) in [6.45, 7) is 9.56. The second-order valence-electron chi connectivity index (χ2n) is 7.69. The lowest BCUT2D eigenvalue weighted by Gasteiger charge is -2.40. The summed E-state index contributed by atoms with van der Waals surface area (Å²) in [4.78, 5) is 0. The van der Waals surface area contributed by atoms with Crippen LogP contribution in [0.5, 0.6) is 0 Å². The predicted molar refractivity (Wildman–Crippen MR) is 84.2 cm³/mol. The highest BCUT2D eigenvalue weighted by molar-refractivity contribution is 4.86. The molecule has 0 bridgehead atoms. The average molecular weight is 302 g/mol. The molecule has 4 nitrogen and oxygen atoms in total. The van der Waals surface area contributed by atoms with Crippen molar-refractivity contribution in [3.05, 3.63) is 0 Å². The summed E-state index contributed by atoms with van der Waals surface area (Å²) in [6, 6.07) is 0. The van der Waals surface area contributed by atoms with Gasteiger partial charge in [0.2, 0.25) is 0 Å². The fraction of sp³-hybridized carbons (Fsp3) is 1.00. The van der Waals surface area contributed by atoms with Crippen molar-refractivity contribution in [2.24, 2.45) is 17.3 Å². The van der Waals surface area contributed by atoms with E-state index < -0.39 is 6.10 Å². The molecule has 2 N–H and O–H groups in total. The van der Waals surface area contributed by atoms with Crippen molar-refractivity contribution in [3.63, 3.8) is 0 Å². The number of methoxy groups -OCH3 is 1. The Kier molecular flexibility index (Phi) is 7.62. The molecular formula is C17H34O4. The van der Waals surface area contributed by atoms with E-state index in [2.05, 4.69) is 20.8 Å². The molecule has 1 rings (SSSR count). The van der Waals surface area contributed by atoms with E-state index in [4.69, 9.17) is 9.47 Å². The van der Waals surface area contributed by atoms with E-state index in [1.807, 2.05) is 6.92 Å². The van der Waals surface area contributed by atoms with Crippen LogP contribution in [-0.4, -0.2) is 48.8 Å². The summed E-state index contributed by atoms with van der Waals surface area (Å²) >= 11 is 0. The number of hydrogen-bond donors (Lipinski definition) is 2. The highest BCUT2D eigenvalue weighted by Gasteiger charge is 2.35. The molecule has 0 heterocycles. The molecule has 126 valence electrons. The van der Waals surface area contributed by atoms with E-state index in [-0.39, 0.29) is 23.5 Å². The van der Waals surface area contributed by atoms with Crippen molar-refractivity contribution in [1.29, 1.82) is 0 Å². The third kappa shape index (κ3) is 6.64. The minimum atomic E-state index is -0.511. The van der Waals surface area contributed by atoms with Crippen LogP contribution < -0.4 is 0 Å². The van der Waals surface area contributed by atoms with E-state index in [0.29, 0.717) is 25.6 Å². The lowest BCUT2D eigenvalue weighted by atomic mass is 9.67. The van der Waals surface area contributed by atoms with Gasteiger partial charge in [-0.2, -0.15) is 0 Å². The average Bonchev–Trinajstić information content (AvgIpc) is 2.38. The molecule has 1 aliphatic rings. The summed E-state index contributed by atoms with van der Waals surface area (Å²) in [5, 5.41) is 20.3. The van der Waals surface area contributed by atoms with E-state index >= 15 is 0 Å². The van der Waals surface area contributed by atoms with Crippen LogP contribution >= 0.6 is 0 Å². The second kappa shape index (κ2) is 8.47. The minimum Gasteiger partial charge on any atom is -0.393 e. The van der Waals surface area contributed by atoms with Gasteiger partial charge in [0, 0.05) is 7.11 Å². The molecule has 0 radical (unpaired) electrons. The maximum Gasteiger partial charge on any atom is 0.0781 e. The van der Waals surface area contributed by atoms with Gasteiger partial charge in [0.1, 0.15) is 0 Å². The van der Waals surface area contributed by atoms with Crippen LogP contribution in [-0.2, 0) is 9.47 Å². The second-order valence-corrected chi connectivity index (χ2v) is 7.69. The number of aliphatic hydroxyl groups is 2. The third-order valence-corrected chi connectivity index (χ3v) is 4.72. The van der Waals surface area contributed by atoms with Crippen LogP contribution in [0.2, 0.25) is 0 Å². The molecule has 4 heteroatoms. The fourth-order valence-corrected chi connectivity index (χ4v) is 3.26. The van der Waals surface area contributed by atoms with Crippen LogP contribution in [0.25, 0.3) is 0 Å². The van der Waals surface area contributed by atoms with Crippen molar-refractivity contribution in [1.82, 2.24) is 0 Å². The normalized spacial score (nSPS) is 30.1. The van der Waals surface area contributed by atoms with Crippen molar-refractivity contribution in [3.8, 4) is 0 Å². The molecule has 5 atom stereocenters. The van der Waals surface area contributed by atoms with E-state index in [0.717, 1.165) is 19.3 Å². The number of ether oxygens (including phenoxy) is 2. The molecule has 0 spiro atoms. The molecule has 1 aliphatic carbocycles. The monoisotopic (exact) mass is 302 g/mol. The third-order valence-electron chi connectivity index (χ3n) is 4.72. The minimum absolute atomic E-state index is 0.0109. The van der Waals surface area contributed by atoms with Gasteiger partial charge in [-0.1, -0.05) is 20.8 Å². The number of aliphatic hydroxyl groups excluding tert-OH is 2. The van der Waals surface area contributed by atoms with Gasteiger partial charge >= 0.3 is 0 Å². The summed E-state index contributed by atoms with van der Waals surface area (Å²) in [6.07, 6.45) is 2.74. The standard InChI is InChI=1S/C17H34O4/c1-12(10-20-5)21-11-15(18)9-13-8-14(17(2,3)4)6-7-16(13)19/h12-16,18-19H,6-11H2,1-5H3. The van der Waals surface area contributed by atoms with E-state index in [9.17, 15) is 10.2 Å². The Labute approximate surface area is 129 Å². The molecule has 0 aromatic carbocycles. The molecular weight excluding hydrogens is 268 g/mol. The Morgan fingerprint density at radius 1 is 1.19 bits per heavy atom. The molecule has 0 amide bonds. The first-order valence-electron chi connectivity index (χ1n) is 8.20. The molecule has 0 aliphatic heterocycles. The predicted octanol–water partition coefficient (Wildman–Crippen LogP) is 2.61. The highest BCUT2D eigenvalue weighted by Crippen LogP contribution is 2.41. The molecule has 21 heavy (non-hydrogen) atoms. The van der Waals surface area contributed by atoms with Crippen LogP contribution in [0.3, 0.4) is 0 Å². The van der Waals surface area contributed by atoms with Gasteiger partial charge in [-0.3, -0.25) is 0 Å². The van der Waals surface area contributed by atoms with Gasteiger partial charge in [-0.05, 0) is 49.9 Å². The number of rotatable bonds is 7. The molecule has 1 fully saturated rings. The number of hydrogen-bond acceptors (Lipinski definition) is 4. The molecule has 1 saturated carbocycles. The Balaban J connectivity index is 2.40. The summed E-state index contributed by atoms with van der Waals surface area (Å²) in [5.41, 5.74) is 0.271. The Morgan fingerprint density at radius 3 is 2.43 bits per heavy atom. The summed E-state index contributed by atoms with van der Waals surface area (Å²) < 4.78 is 10.6. The summed E-state index contributed by atoms with van der Waals surface area (Å²) in [7, 11) is 1.64. The smallest absolute Gasteiger partial charge is 0.0781 e. The Bertz CT molecular complexity index is 287. The zero-order valence-electron chi connectivity index (χ0n) is 14.3. The molecule has 0 saturated heterocycles. The van der Waals surface area contributed by atoms with E-state index in [1.54, 1.807) is 7.11 Å². The Hall–Kier alpha value is -0.160. The first-order chi connectivity index (χ1) is 9.74. The molecule has 0 aromatic rings. The van der Waals surface area contributed by atoms with Crippen LogP contribution in [0.15, 0.2) is 0 Å². The van der Waals surface area contributed by atoms with Crippen LogP contribution in [0.1, 0.15) is 53.4 Å². The largest absolute Gasteiger partial charge is 0.393 e. The zero-order valence-corrected chi connectivity index (χ0v) is 14.3. The maximum absolute atomic E-state index is 10.2. The lowest BCUT2D eigenvalue weighted by molar-refractivity contribution is -0.0540. The van der Waals surface area contributed by atoms with Gasteiger partial charge in [0.15, 0.2) is 0 Å². The first-order valence-corrected chi connectivity index (χ1v) is 8.20. The van der Waals surface area contributed by atoms with Gasteiger partial charge < -0.3 is 19.7 Å². The van der Waals surface area contributed by atoms with E-state index in [1.165, 1.54) is 0 Å². The first kappa shape index (κ1) is 18.9. The van der Waals surface area contributed by atoms with Gasteiger partial charge in [0.25, 0.3) is 0 Å². The van der Waals surface area contributed by atoms with Crippen molar-refractivity contribution in [2.75, 3.05) is 20.3 Å². The van der Waals surface area contributed by atoms with Crippen LogP contribution in [0.4, 0.5) is 0 Å². The summed E-state index contributed by atoms with van der Waals surface area (Å²) in [5.74, 6) is 0.797. The van der Waals surface area contributed by atoms with Crippen molar-refractivity contribution >= 4 is 0 Å².